The lowest BCUT2D eigenvalue weighted by atomic mass is 10.2. The van der Waals surface area contributed by atoms with Gasteiger partial charge in [-0.05, 0) is 50.6 Å². The van der Waals surface area contributed by atoms with Crippen LogP contribution in [0.15, 0.2) is 47.8 Å². The molecule has 8 nitrogen and oxygen atoms in total. The van der Waals surface area contributed by atoms with Crippen LogP contribution in [0.3, 0.4) is 0 Å². The highest BCUT2D eigenvalue weighted by molar-refractivity contribution is 7.15. The predicted molar refractivity (Wildman–Crippen MR) is 151 cm³/mol. The molecule has 0 bridgehead atoms. The lowest BCUT2D eigenvalue weighted by molar-refractivity contribution is -0.137. The molecule has 4 aromatic rings. The van der Waals surface area contributed by atoms with Crippen LogP contribution in [0.4, 0.5) is 24.7 Å². The van der Waals surface area contributed by atoms with Gasteiger partial charge >= 0.3 is 6.18 Å². The van der Waals surface area contributed by atoms with E-state index in [1.165, 1.54) is 23.7 Å². The lowest BCUT2D eigenvalue weighted by Crippen LogP contribution is -2.13. The fraction of sp³-hybridized carbons (Fsp3) is 0.200. The molecule has 0 aliphatic heterocycles. The number of hydrogen-bond donors (Lipinski definition) is 2. The number of hydrogen-bond acceptors (Lipinski definition) is 8. The molecular formula is C25H19Cl2F3N6O2S2. The van der Waals surface area contributed by atoms with Gasteiger partial charge in [-0.3, -0.25) is 14.6 Å². The largest absolute Gasteiger partial charge is 0.418 e. The number of anilines is 2. The topological polar surface area (TPSA) is 109 Å². The SMILES string of the molecule is C/C(=N\C(C)c1ncc(C(=O)Nc2ccc(Cl)c(C)c2)s1)c1ncc(C(=O)Nc2cc(C(F)(F)F)c(Cl)cn2)s1. The molecule has 208 valence electrons. The summed E-state index contributed by atoms with van der Waals surface area (Å²) in [4.78, 5) is 42.6. The van der Waals surface area contributed by atoms with E-state index >= 15 is 0 Å². The number of aliphatic imine (C=N–C) groups is 1. The molecule has 1 unspecified atom stereocenters. The molecule has 2 N–H and O–H groups in total. The van der Waals surface area contributed by atoms with Crippen molar-refractivity contribution >= 4 is 74.9 Å². The minimum absolute atomic E-state index is 0.146. The van der Waals surface area contributed by atoms with Crippen LogP contribution in [0.1, 0.15) is 60.4 Å². The molecule has 1 aromatic carbocycles. The van der Waals surface area contributed by atoms with E-state index in [0.717, 1.165) is 23.1 Å². The van der Waals surface area contributed by atoms with Crippen LogP contribution < -0.4 is 10.6 Å². The van der Waals surface area contributed by atoms with Gasteiger partial charge in [0.25, 0.3) is 11.8 Å². The first-order valence-electron chi connectivity index (χ1n) is 11.4. The fourth-order valence-electron chi connectivity index (χ4n) is 3.35. The third-order valence-corrected chi connectivity index (χ3v) is 8.35. The second-order valence-corrected chi connectivity index (χ2v) is 11.3. The number of halogens is 5. The molecule has 0 fully saturated rings. The third kappa shape index (κ3) is 7.02. The molecular weight excluding hydrogens is 608 g/mol. The van der Waals surface area contributed by atoms with E-state index in [1.54, 1.807) is 32.0 Å². The van der Waals surface area contributed by atoms with Crippen LogP contribution in [0.2, 0.25) is 10.0 Å². The van der Waals surface area contributed by atoms with Crippen molar-refractivity contribution in [3.63, 3.8) is 0 Å². The Kier molecular flexibility index (Phi) is 8.88. The monoisotopic (exact) mass is 626 g/mol. The number of carbonyl (C=O) groups excluding carboxylic acids is 2. The quantitative estimate of drug-likeness (QED) is 0.204. The van der Waals surface area contributed by atoms with Crippen molar-refractivity contribution in [3.8, 4) is 0 Å². The Hall–Kier alpha value is -3.39. The number of pyridine rings is 1. The summed E-state index contributed by atoms with van der Waals surface area (Å²) in [6, 6.07) is 5.43. The molecule has 3 heterocycles. The summed E-state index contributed by atoms with van der Waals surface area (Å²) >= 11 is 13.8. The minimum Gasteiger partial charge on any atom is -0.321 e. The third-order valence-electron chi connectivity index (χ3n) is 5.35. The molecule has 0 saturated heterocycles. The normalized spacial score (nSPS) is 12.8. The van der Waals surface area contributed by atoms with Gasteiger partial charge in [-0.1, -0.05) is 23.2 Å². The van der Waals surface area contributed by atoms with E-state index in [9.17, 15) is 22.8 Å². The number of alkyl halides is 3. The van der Waals surface area contributed by atoms with E-state index in [2.05, 4.69) is 30.6 Å². The fourth-order valence-corrected chi connectivity index (χ4v) is 5.24. The summed E-state index contributed by atoms with van der Waals surface area (Å²) in [5.41, 5.74) is 0.852. The highest BCUT2D eigenvalue weighted by atomic mass is 35.5. The Labute approximate surface area is 244 Å². The molecule has 0 aliphatic rings. The van der Waals surface area contributed by atoms with E-state index in [0.29, 0.717) is 37.4 Å². The maximum absolute atomic E-state index is 13.1. The van der Waals surface area contributed by atoms with Gasteiger partial charge in [0.2, 0.25) is 0 Å². The Morgan fingerprint density at radius 3 is 2.33 bits per heavy atom. The summed E-state index contributed by atoms with van der Waals surface area (Å²) in [5, 5.41) is 6.20. The highest BCUT2D eigenvalue weighted by Crippen LogP contribution is 2.35. The highest BCUT2D eigenvalue weighted by Gasteiger charge is 2.34. The van der Waals surface area contributed by atoms with Gasteiger partial charge in [0.15, 0.2) is 0 Å². The number of benzene rings is 1. The first-order chi connectivity index (χ1) is 18.8. The molecule has 3 aromatic heterocycles. The van der Waals surface area contributed by atoms with Crippen LogP contribution in [-0.2, 0) is 6.18 Å². The van der Waals surface area contributed by atoms with Crippen LogP contribution in [-0.4, -0.2) is 32.5 Å². The van der Waals surface area contributed by atoms with Gasteiger partial charge in [-0.15, -0.1) is 22.7 Å². The number of amides is 2. The number of thiazole rings is 2. The molecule has 1 atom stereocenters. The van der Waals surface area contributed by atoms with Crippen molar-refractivity contribution in [3.05, 3.63) is 83.8 Å². The molecule has 0 aliphatic carbocycles. The smallest absolute Gasteiger partial charge is 0.321 e. The number of aryl methyl sites for hydroxylation is 1. The number of aromatic nitrogens is 3. The first-order valence-corrected chi connectivity index (χ1v) is 13.8. The van der Waals surface area contributed by atoms with E-state index in [1.807, 2.05) is 6.92 Å². The zero-order valence-electron chi connectivity index (χ0n) is 20.9. The Morgan fingerprint density at radius 1 is 0.950 bits per heavy atom. The number of carbonyl (C=O) groups is 2. The van der Waals surface area contributed by atoms with Gasteiger partial charge < -0.3 is 10.6 Å². The van der Waals surface area contributed by atoms with E-state index in [-0.39, 0.29) is 16.6 Å². The molecule has 2 amide bonds. The first kappa shape index (κ1) is 29.6. The molecule has 0 spiro atoms. The molecule has 40 heavy (non-hydrogen) atoms. The van der Waals surface area contributed by atoms with Gasteiger partial charge in [0.05, 0.1) is 34.7 Å². The summed E-state index contributed by atoms with van der Waals surface area (Å²) in [7, 11) is 0. The standard InChI is InChI=1S/C25H19Cl2F3N6O2S2/c1-11-6-14(4-5-16(11)26)35-21(37)18-9-32-23(39-18)12(2)34-13(3)24-33-10-19(40-24)22(38)36-20-7-15(25(28,29)30)17(27)8-31-20/h4-10,12H,1-3H3,(H,35,37)(H,31,36,38)/b34-13+. The number of nitrogens with zero attached hydrogens (tertiary/aromatic N) is 4. The van der Waals surface area contributed by atoms with Gasteiger partial charge in [-0.2, -0.15) is 13.2 Å². The average molecular weight is 628 g/mol. The average Bonchev–Trinajstić information content (AvgIpc) is 3.57. The second kappa shape index (κ2) is 12.0. The molecule has 0 saturated carbocycles. The molecule has 0 radical (unpaired) electrons. The van der Waals surface area contributed by atoms with Crippen LogP contribution in [0.25, 0.3) is 0 Å². The van der Waals surface area contributed by atoms with Crippen molar-refractivity contribution < 1.29 is 22.8 Å². The summed E-state index contributed by atoms with van der Waals surface area (Å²) in [5.74, 6) is -1.30. The summed E-state index contributed by atoms with van der Waals surface area (Å²) < 4.78 is 39.3. The number of rotatable bonds is 7. The van der Waals surface area contributed by atoms with Crippen LogP contribution >= 0.6 is 45.9 Å². The van der Waals surface area contributed by atoms with E-state index in [4.69, 9.17) is 23.2 Å². The summed E-state index contributed by atoms with van der Waals surface area (Å²) in [6.45, 7) is 5.35. The van der Waals surface area contributed by atoms with Crippen molar-refractivity contribution in [2.45, 2.75) is 33.0 Å². The molecule has 15 heteroatoms. The van der Waals surface area contributed by atoms with Crippen LogP contribution in [0.5, 0.6) is 0 Å². The second-order valence-electron chi connectivity index (χ2n) is 8.40. The van der Waals surface area contributed by atoms with Gasteiger partial charge in [0.1, 0.15) is 25.6 Å². The minimum atomic E-state index is -4.70. The molecule has 4 rings (SSSR count). The van der Waals surface area contributed by atoms with Crippen molar-refractivity contribution in [2.24, 2.45) is 4.99 Å². The van der Waals surface area contributed by atoms with Crippen molar-refractivity contribution in [2.75, 3.05) is 10.6 Å². The summed E-state index contributed by atoms with van der Waals surface area (Å²) in [6.07, 6.45) is -1.11. The van der Waals surface area contributed by atoms with Crippen molar-refractivity contribution in [1.29, 1.82) is 0 Å². The number of nitrogens with one attached hydrogen (secondary N) is 2. The van der Waals surface area contributed by atoms with Crippen molar-refractivity contribution in [1.82, 2.24) is 15.0 Å². The predicted octanol–water partition coefficient (Wildman–Crippen LogP) is 7.70. The Morgan fingerprint density at radius 2 is 1.62 bits per heavy atom. The maximum atomic E-state index is 13.1. The van der Waals surface area contributed by atoms with Crippen LogP contribution in [0, 0.1) is 6.92 Å². The Bertz CT molecular complexity index is 1620. The Balaban J connectivity index is 1.42. The van der Waals surface area contributed by atoms with E-state index < -0.39 is 28.7 Å². The van der Waals surface area contributed by atoms with Gasteiger partial charge in [0, 0.05) is 16.9 Å². The zero-order chi connectivity index (χ0) is 29.2. The maximum Gasteiger partial charge on any atom is 0.418 e. The zero-order valence-corrected chi connectivity index (χ0v) is 24.1. The lowest BCUT2D eigenvalue weighted by Gasteiger charge is -2.10. The van der Waals surface area contributed by atoms with Gasteiger partial charge in [-0.25, -0.2) is 15.0 Å².